The first-order valence-corrected chi connectivity index (χ1v) is 10.2. The fourth-order valence-electron chi connectivity index (χ4n) is 4.14. The number of benzene rings is 1. The number of fused-ring (bicyclic) bond motifs is 2. The molecule has 0 aliphatic carbocycles. The summed E-state index contributed by atoms with van der Waals surface area (Å²) in [6, 6.07) is 11.2. The lowest BCUT2D eigenvalue weighted by atomic mass is 9.89. The third kappa shape index (κ3) is 2.99. The Morgan fingerprint density at radius 3 is 2.64 bits per heavy atom. The minimum Gasteiger partial charge on any atom is -0.338 e. The third-order valence-electron chi connectivity index (χ3n) is 5.56. The maximum Gasteiger partial charge on any atom is 0.293 e. The van der Waals surface area contributed by atoms with Crippen LogP contribution in [0.5, 0.6) is 0 Å². The highest BCUT2D eigenvalue weighted by atomic mass is 32.1. The minimum atomic E-state index is -0.257. The van der Waals surface area contributed by atoms with E-state index < -0.39 is 0 Å². The lowest BCUT2D eigenvalue weighted by Crippen LogP contribution is -2.31. The first kappa shape index (κ1) is 17.1. The van der Waals surface area contributed by atoms with Crippen molar-refractivity contribution >= 4 is 28.8 Å². The molecule has 5 rings (SSSR count). The van der Waals surface area contributed by atoms with Gasteiger partial charge in [0.2, 0.25) is 5.82 Å². The van der Waals surface area contributed by atoms with Crippen LogP contribution in [-0.4, -0.2) is 44.6 Å². The third-order valence-corrected chi connectivity index (χ3v) is 6.24. The van der Waals surface area contributed by atoms with E-state index in [0.29, 0.717) is 30.7 Å². The van der Waals surface area contributed by atoms with E-state index in [9.17, 15) is 9.59 Å². The predicted octanol–water partition coefficient (Wildman–Crippen LogP) is 2.54. The van der Waals surface area contributed by atoms with Crippen molar-refractivity contribution in [1.29, 1.82) is 0 Å². The Labute approximate surface area is 166 Å². The van der Waals surface area contributed by atoms with Gasteiger partial charge in [0.15, 0.2) is 0 Å². The topological polar surface area (TPSA) is 80.1 Å². The second-order valence-corrected chi connectivity index (χ2v) is 8.10. The summed E-state index contributed by atoms with van der Waals surface area (Å²) in [5, 5.41) is 15.1. The van der Waals surface area contributed by atoms with Crippen molar-refractivity contribution in [3.05, 3.63) is 64.4 Å². The molecule has 142 valence electrons. The van der Waals surface area contributed by atoms with Gasteiger partial charge in [-0.3, -0.25) is 9.59 Å². The SMILES string of the molecule is O=C(Nc1ccccc1)c1nnc2n1C[C@H]1CN(C(=O)c3ccsc3)C[C@H]1C2. The maximum absolute atomic E-state index is 12.7. The first-order valence-electron chi connectivity index (χ1n) is 9.29. The lowest BCUT2D eigenvalue weighted by Gasteiger charge is -2.25. The molecule has 1 fully saturated rings. The summed E-state index contributed by atoms with van der Waals surface area (Å²) in [4.78, 5) is 27.3. The molecule has 2 amide bonds. The molecule has 0 unspecified atom stereocenters. The van der Waals surface area contributed by atoms with Crippen molar-refractivity contribution in [1.82, 2.24) is 19.7 Å². The average molecular weight is 393 g/mol. The normalized spacial score (nSPS) is 20.5. The number of para-hydroxylation sites is 1. The summed E-state index contributed by atoms with van der Waals surface area (Å²) in [6.07, 6.45) is 0.740. The highest BCUT2D eigenvalue weighted by molar-refractivity contribution is 7.08. The van der Waals surface area contributed by atoms with Crippen LogP contribution in [-0.2, 0) is 13.0 Å². The molecule has 8 heteroatoms. The summed E-state index contributed by atoms with van der Waals surface area (Å²) in [5.74, 6) is 1.67. The molecule has 4 heterocycles. The van der Waals surface area contributed by atoms with E-state index in [4.69, 9.17) is 0 Å². The van der Waals surface area contributed by atoms with Crippen molar-refractivity contribution < 1.29 is 9.59 Å². The second kappa shape index (κ2) is 6.87. The first-order chi connectivity index (χ1) is 13.7. The summed E-state index contributed by atoms with van der Waals surface area (Å²) in [6.45, 7) is 2.10. The number of likely N-dealkylation sites (tertiary alicyclic amines) is 1. The van der Waals surface area contributed by atoms with Gasteiger partial charge in [0, 0.05) is 37.1 Å². The molecule has 1 aromatic carbocycles. The highest BCUT2D eigenvalue weighted by Gasteiger charge is 2.40. The van der Waals surface area contributed by atoms with Crippen molar-refractivity contribution in [3.63, 3.8) is 0 Å². The summed E-state index contributed by atoms with van der Waals surface area (Å²) in [5.41, 5.74) is 1.48. The number of carbonyl (C=O) groups is 2. The second-order valence-electron chi connectivity index (χ2n) is 7.32. The molecule has 0 spiro atoms. The van der Waals surface area contributed by atoms with E-state index in [1.165, 1.54) is 11.3 Å². The summed E-state index contributed by atoms with van der Waals surface area (Å²) in [7, 11) is 0. The van der Waals surface area contributed by atoms with E-state index >= 15 is 0 Å². The number of rotatable bonds is 3. The van der Waals surface area contributed by atoms with Crippen LogP contribution in [0.25, 0.3) is 0 Å². The number of hydrogen-bond acceptors (Lipinski definition) is 5. The number of nitrogens with one attached hydrogen (secondary N) is 1. The Morgan fingerprint density at radius 1 is 1.04 bits per heavy atom. The van der Waals surface area contributed by atoms with Crippen LogP contribution in [0.2, 0.25) is 0 Å². The molecule has 2 atom stereocenters. The highest BCUT2D eigenvalue weighted by Crippen LogP contribution is 2.33. The lowest BCUT2D eigenvalue weighted by molar-refractivity contribution is 0.0783. The van der Waals surface area contributed by atoms with Crippen molar-refractivity contribution in [3.8, 4) is 0 Å². The van der Waals surface area contributed by atoms with Gasteiger partial charge >= 0.3 is 0 Å². The van der Waals surface area contributed by atoms with Crippen molar-refractivity contribution in [2.45, 2.75) is 13.0 Å². The molecule has 1 saturated heterocycles. The fourth-order valence-corrected chi connectivity index (χ4v) is 4.76. The zero-order valence-corrected chi connectivity index (χ0v) is 15.9. The van der Waals surface area contributed by atoms with Gasteiger partial charge in [0.25, 0.3) is 11.8 Å². The molecule has 2 aliphatic heterocycles. The Morgan fingerprint density at radius 2 is 1.86 bits per heavy atom. The van der Waals surface area contributed by atoms with Crippen LogP contribution in [0.15, 0.2) is 47.2 Å². The van der Waals surface area contributed by atoms with Crippen LogP contribution in [0.4, 0.5) is 5.69 Å². The van der Waals surface area contributed by atoms with Crippen LogP contribution in [0.1, 0.15) is 26.8 Å². The minimum absolute atomic E-state index is 0.0912. The Kier molecular flexibility index (Phi) is 4.20. The zero-order chi connectivity index (χ0) is 19.1. The van der Waals surface area contributed by atoms with Crippen molar-refractivity contribution in [2.75, 3.05) is 18.4 Å². The number of thiophene rings is 1. The number of anilines is 1. The molecule has 0 radical (unpaired) electrons. The molecule has 2 aliphatic rings. The molecule has 3 aromatic rings. The molecule has 0 saturated carbocycles. The Balaban J connectivity index is 1.32. The number of carbonyl (C=O) groups excluding carboxylic acids is 2. The van der Waals surface area contributed by atoms with Gasteiger partial charge in [0.1, 0.15) is 5.82 Å². The van der Waals surface area contributed by atoms with Crippen LogP contribution >= 0.6 is 11.3 Å². The Bertz CT molecular complexity index is 1010. The van der Waals surface area contributed by atoms with Crippen LogP contribution < -0.4 is 5.32 Å². The van der Waals surface area contributed by atoms with Gasteiger partial charge in [-0.15, -0.1) is 10.2 Å². The van der Waals surface area contributed by atoms with Gasteiger partial charge in [-0.25, -0.2) is 0 Å². The zero-order valence-electron chi connectivity index (χ0n) is 15.1. The van der Waals surface area contributed by atoms with E-state index in [1.807, 2.05) is 56.6 Å². The number of nitrogens with zero attached hydrogens (tertiary/aromatic N) is 4. The van der Waals surface area contributed by atoms with Gasteiger partial charge in [-0.05, 0) is 35.4 Å². The summed E-state index contributed by atoms with van der Waals surface area (Å²) >= 11 is 1.53. The fraction of sp³-hybridized carbons (Fsp3) is 0.300. The van der Waals surface area contributed by atoms with Gasteiger partial charge in [-0.1, -0.05) is 18.2 Å². The molecule has 1 N–H and O–H groups in total. The van der Waals surface area contributed by atoms with Gasteiger partial charge in [0.05, 0.1) is 5.56 Å². The van der Waals surface area contributed by atoms with Crippen molar-refractivity contribution in [2.24, 2.45) is 11.8 Å². The molecular formula is C20H19N5O2S. The Hall–Kier alpha value is -3.00. The quantitative estimate of drug-likeness (QED) is 0.742. The van der Waals surface area contributed by atoms with E-state index in [0.717, 1.165) is 30.0 Å². The van der Waals surface area contributed by atoms with E-state index in [-0.39, 0.29) is 11.8 Å². The maximum atomic E-state index is 12.7. The molecular weight excluding hydrogens is 374 g/mol. The van der Waals surface area contributed by atoms with Crippen LogP contribution in [0, 0.1) is 11.8 Å². The standard InChI is InChI=1S/C20H19N5O2S/c26-19(21-16-4-2-1-3-5-16)18-23-22-17-8-14-9-24(10-15(14)11-25(17)18)20(27)13-6-7-28-12-13/h1-7,12,14-15H,8-11H2,(H,21,26)/t14-,15-/m1/s1. The number of aromatic nitrogens is 3. The van der Waals surface area contributed by atoms with Gasteiger partial charge in [-0.2, -0.15) is 11.3 Å². The van der Waals surface area contributed by atoms with Crippen LogP contribution in [0.3, 0.4) is 0 Å². The number of amides is 2. The van der Waals surface area contributed by atoms with Gasteiger partial charge < -0.3 is 14.8 Å². The number of hydrogen-bond donors (Lipinski definition) is 1. The molecule has 28 heavy (non-hydrogen) atoms. The predicted molar refractivity (Wildman–Crippen MR) is 105 cm³/mol. The van der Waals surface area contributed by atoms with E-state index in [1.54, 1.807) is 0 Å². The largest absolute Gasteiger partial charge is 0.338 e. The average Bonchev–Trinajstić information content (AvgIpc) is 3.45. The molecule has 7 nitrogen and oxygen atoms in total. The smallest absolute Gasteiger partial charge is 0.293 e. The monoisotopic (exact) mass is 393 g/mol. The molecule has 0 bridgehead atoms. The summed E-state index contributed by atoms with van der Waals surface area (Å²) < 4.78 is 1.91. The van der Waals surface area contributed by atoms with E-state index in [2.05, 4.69) is 15.5 Å². The molecule has 2 aromatic heterocycles.